The van der Waals surface area contributed by atoms with Gasteiger partial charge in [0.25, 0.3) is 0 Å². The summed E-state index contributed by atoms with van der Waals surface area (Å²) >= 11 is 6.11. The Kier molecular flexibility index (Phi) is 5.30. The van der Waals surface area contributed by atoms with E-state index in [0.29, 0.717) is 12.6 Å². The zero-order chi connectivity index (χ0) is 15.1. The smallest absolute Gasteiger partial charge is 0.204 e. The van der Waals surface area contributed by atoms with Crippen LogP contribution in [0.25, 0.3) is 0 Å². The molecule has 0 aromatic rings. The minimum Gasteiger partial charge on any atom is -0.327 e. The lowest BCUT2D eigenvalue weighted by atomic mass is 10.0. The summed E-state index contributed by atoms with van der Waals surface area (Å²) in [5, 5.41) is 0. The molecule has 1 aliphatic heterocycles. The van der Waals surface area contributed by atoms with E-state index in [9.17, 15) is 0 Å². The van der Waals surface area contributed by atoms with Crippen LogP contribution in [0.1, 0.15) is 61.8 Å². The normalized spacial score (nSPS) is 31.7. The lowest BCUT2D eigenvalue weighted by Gasteiger charge is -2.57. The van der Waals surface area contributed by atoms with Crippen LogP contribution in [0.3, 0.4) is 0 Å². The van der Waals surface area contributed by atoms with Crippen molar-refractivity contribution in [2.75, 3.05) is 13.2 Å². The molecule has 19 heavy (non-hydrogen) atoms. The van der Waals surface area contributed by atoms with Crippen molar-refractivity contribution in [3.05, 3.63) is 0 Å². The van der Waals surface area contributed by atoms with Gasteiger partial charge in [-0.2, -0.15) is 0 Å². The number of hydrogen-bond donors (Lipinski definition) is 0. The van der Waals surface area contributed by atoms with E-state index in [0.717, 1.165) is 13.0 Å². The second-order valence-electron chi connectivity index (χ2n) is 7.36. The van der Waals surface area contributed by atoms with Crippen molar-refractivity contribution < 1.29 is 4.52 Å². The SMILES string of the molecule is CCO[P@@]1(=S)N(C(C)(C)C)CC[C@H](C)N1C(C)(C)C. The summed E-state index contributed by atoms with van der Waals surface area (Å²) < 4.78 is 11.1. The molecule has 2 atom stereocenters. The Morgan fingerprint density at radius 2 is 1.68 bits per heavy atom. The average Bonchev–Trinajstić information content (AvgIpc) is 2.12. The van der Waals surface area contributed by atoms with Crippen molar-refractivity contribution in [3.63, 3.8) is 0 Å². The van der Waals surface area contributed by atoms with Gasteiger partial charge < -0.3 is 4.52 Å². The first kappa shape index (κ1) is 17.6. The summed E-state index contributed by atoms with van der Waals surface area (Å²) in [6.45, 7) is 17.4. The summed E-state index contributed by atoms with van der Waals surface area (Å²) in [6, 6.07) is 0.482. The summed E-state index contributed by atoms with van der Waals surface area (Å²) in [5.41, 5.74) is 0.0857. The maximum absolute atomic E-state index is 6.20. The van der Waals surface area contributed by atoms with Crippen molar-refractivity contribution in [2.45, 2.75) is 78.9 Å². The van der Waals surface area contributed by atoms with Gasteiger partial charge in [-0.3, -0.25) is 0 Å². The summed E-state index contributed by atoms with van der Waals surface area (Å²) in [6.07, 6.45) is 1.15. The van der Waals surface area contributed by atoms with Crippen molar-refractivity contribution >= 4 is 18.4 Å². The molecule has 0 N–H and O–H groups in total. The standard InChI is InChI=1S/C14H31N2OPS/c1-9-17-18(19)15(13(3,4)5)11-10-12(2)16(18)14(6,7)8/h12H,9-11H2,1-8H3/t12-,18+/m0/s1. The predicted molar refractivity (Wildman–Crippen MR) is 88.0 cm³/mol. The lowest BCUT2D eigenvalue weighted by Crippen LogP contribution is -2.56. The Hall–Kier alpha value is 0.530. The lowest BCUT2D eigenvalue weighted by molar-refractivity contribution is 0.0912. The third kappa shape index (κ3) is 3.59. The number of nitrogens with zero attached hydrogens (tertiary/aromatic N) is 2. The Bertz CT molecular complexity index is 359. The second kappa shape index (κ2) is 5.73. The van der Waals surface area contributed by atoms with Crippen LogP contribution < -0.4 is 0 Å². The van der Waals surface area contributed by atoms with Gasteiger partial charge >= 0.3 is 0 Å². The summed E-state index contributed by atoms with van der Waals surface area (Å²) in [7, 11) is 0. The minimum absolute atomic E-state index is 0.0357. The van der Waals surface area contributed by atoms with Crippen LogP contribution in [-0.4, -0.2) is 39.6 Å². The van der Waals surface area contributed by atoms with Gasteiger partial charge in [0.15, 0.2) is 0 Å². The van der Waals surface area contributed by atoms with E-state index < -0.39 is 6.57 Å². The molecule has 1 saturated heterocycles. The fourth-order valence-corrected chi connectivity index (χ4v) is 8.82. The largest absolute Gasteiger partial charge is 0.327 e. The van der Waals surface area contributed by atoms with Gasteiger partial charge in [-0.1, -0.05) is 0 Å². The average molecular weight is 306 g/mol. The second-order valence-corrected chi connectivity index (χ2v) is 10.9. The number of rotatable bonds is 2. The molecule has 0 aliphatic carbocycles. The molecule has 1 rings (SSSR count). The zero-order valence-corrected chi connectivity index (χ0v) is 15.6. The van der Waals surface area contributed by atoms with Gasteiger partial charge in [0, 0.05) is 23.7 Å². The quantitative estimate of drug-likeness (QED) is 0.709. The fraction of sp³-hybridized carbons (Fsp3) is 1.00. The van der Waals surface area contributed by atoms with Crippen LogP contribution in [0.4, 0.5) is 0 Å². The highest BCUT2D eigenvalue weighted by atomic mass is 32.5. The molecule has 0 radical (unpaired) electrons. The molecule has 0 aromatic carbocycles. The first-order valence-electron chi connectivity index (χ1n) is 7.27. The van der Waals surface area contributed by atoms with Gasteiger partial charge in [-0.25, -0.2) is 9.34 Å². The maximum atomic E-state index is 6.20. The van der Waals surface area contributed by atoms with Gasteiger partial charge in [-0.15, -0.1) is 0 Å². The highest BCUT2D eigenvalue weighted by Gasteiger charge is 2.48. The van der Waals surface area contributed by atoms with Crippen LogP contribution in [0.5, 0.6) is 0 Å². The van der Waals surface area contributed by atoms with E-state index in [1.165, 1.54) is 0 Å². The zero-order valence-electron chi connectivity index (χ0n) is 13.9. The van der Waals surface area contributed by atoms with Gasteiger partial charge in [0.05, 0.1) is 6.61 Å². The monoisotopic (exact) mass is 306 g/mol. The highest BCUT2D eigenvalue weighted by molar-refractivity contribution is 8.10. The topological polar surface area (TPSA) is 15.7 Å². The van der Waals surface area contributed by atoms with E-state index in [-0.39, 0.29) is 11.1 Å². The summed E-state index contributed by atoms with van der Waals surface area (Å²) in [4.78, 5) is 0. The first-order chi connectivity index (χ1) is 8.44. The Morgan fingerprint density at radius 3 is 2.05 bits per heavy atom. The van der Waals surface area contributed by atoms with E-state index in [4.69, 9.17) is 16.3 Å². The molecule has 1 aliphatic rings. The fourth-order valence-electron chi connectivity index (χ4n) is 2.98. The molecular formula is C14H31N2OPS. The molecule has 0 unspecified atom stereocenters. The third-order valence-electron chi connectivity index (χ3n) is 3.51. The van der Waals surface area contributed by atoms with Crippen molar-refractivity contribution in [1.82, 2.24) is 9.34 Å². The molecule has 0 aromatic heterocycles. The van der Waals surface area contributed by atoms with E-state index >= 15 is 0 Å². The maximum Gasteiger partial charge on any atom is 0.204 e. The van der Waals surface area contributed by atoms with Gasteiger partial charge in [-0.05, 0) is 73.6 Å². The molecule has 5 heteroatoms. The highest BCUT2D eigenvalue weighted by Crippen LogP contribution is 2.63. The molecule has 3 nitrogen and oxygen atoms in total. The van der Waals surface area contributed by atoms with Crippen molar-refractivity contribution in [1.29, 1.82) is 0 Å². The van der Waals surface area contributed by atoms with E-state index in [1.807, 2.05) is 0 Å². The molecule has 0 saturated carbocycles. The molecule has 114 valence electrons. The minimum atomic E-state index is -2.13. The van der Waals surface area contributed by atoms with E-state index in [2.05, 4.69) is 64.7 Å². The number of hydrogen-bond acceptors (Lipinski definition) is 2. The first-order valence-corrected chi connectivity index (χ1v) is 9.89. The third-order valence-corrected chi connectivity index (χ3v) is 8.49. The van der Waals surface area contributed by atoms with Crippen molar-refractivity contribution in [3.8, 4) is 0 Å². The molecule has 1 heterocycles. The molecule has 0 spiro atoms. The van der Waals surface area contributed by atoms with Crippen LogP contribution in [0.2, 0.25) is 0 Å². The predicted octanol–water partition coefficient (Wildman–Crippen LogP) is 4.24. The van der Waals surface area contributed by atoms with Crippen LogP contribution >= 0.6 is 6.57 Å². The van der Waals surface area contributed by atoms with Gasteiger partial charge in [0.1, 0.15) is 0 Å². The van der Waals surface area contributed by atoms with Crippen LogP contribution in [-0.2, 0) is 16.3 Å². The van der Waals surface area contributed by atoms with E-state index in [1.54, 1.807) is 0 Å². The van der Waals surface area contributed by atoms with Crippen LogP contribution in [0, 0.1) is 0 Å². The van der Waals surface area contributed by atoms with Crippen molar-refractivity contribution in [2.24, 2.45) is 0 Å². The Balaban J connectivity index is 3.29. The molecule has 0 bridgehead atoms. The van der Waals surface area contributed by atoms with Gasteiger partial charge in [0.2, 0.25) is 6.57 Å². The molecular weight excluding hydrogens is 275 g/mol. The molecule has 0 amide bonds. The van der Waals surface area contributed by atoms with Crippen LogP contribution in [0.15, 0.2) is 0 Å². The Morgan fingerprint density at radius 1 is 1.16 bits per heavy atom. The Labute approximate surface area is 124 Å². The summed E-state index contributed by atoms with van der Waals surface area (Å²) in [5.74, 6) is 0. The molecule has 1 fully saturated rings.